The van der Waals surface area contributed by atoms with E-state index >= 15 is 0 Å². The van der Waals surface area contributed by atoms with Gasteiger partial charge in [0.2, 0.25) is 0 Å². The molecule has 4 nitrogen and oxygen atoms in total. The first-order valence-corrected chi connectivity index (χ1v) is 7.26. The number of benzene rings is 2. The van der Waals surface area contributed by atoms with Gasteiger partial charge in [-0.15, -0.1) is 0 Å². The number of nitrogens with two attached hydrogens (primary N) is 1. The van der Waals surface area contributed by atoms with Crippen LogP contribution in [0.25, 0.3) is 11.1 Å². The van der Waals surface area contributed by atoms with Crippen molar-refractivity contribution >= 4 is 23.0 Å². The lowest BCUT2D eigenvalue weighted by Crippen LogP contribution is -2.08. The normalized spacial score (nSPS) is 10.6. The molecule has 24 heavy (non-hydrogen) atoms. The average Bonchev–Trinajstić information content (AvgIpc) is 2.55. The van der Waals surface area contributed by atoms with E-state index in [-0.39, 0.29) is 38.9 Å². The van der Waals surface area contributed by atoms with E-state index in [9.17, 15) is 8.78 Å². The molecular formula is C17H11ClF2N4. The number of nitrogens with zero attached hydrogens (tertiary/aromatic N) is 2. The summed E-state index contributed by atoms with van der Waals surface area (Å²) < 4.78 is 28.0. The van der Waals surface area contributed by atoms with Crippen molar-refractivity contribution in [3.63, 3.8) is 0 Å². The maximum Gasteiger partial charge on any atom is 0.148 e. The Hall–Kier alpha value is -2.86. The van der Waals surface area contributed by atoms with Gasteiger partial charge in [-0.3, -0.25) is 10.4 Å². The highest BCUT2D eigenvalue weighted by Crippen LogP contribution is 2.29. The van der Waals surface area contributed by atoms with Gasteiger partial charge in [0, 0.05) is 11.3 Å². The van der Waals surface area contributed by atoms with Crippen LogP contribution in [0.4, 0.5) is 14.5 Å². The van der Waals surface area contributed by atoms with Crippen LogP contribution in [0.3, 0.4) is 0 Å². The zero-order chi connectivity index (χ0) is 17.3. The van der Waals surface area contributed by atoms with E-state index in [0.717, 1.165) is 0 Å². The van der Waals surface area contributed by atoms with E-state index in [2.05, 4.69) is 9.97 Å². The third kappa shape index (κ3) is 2.96. The third-order valence-electron chi connectivity index (χ3n) is 3.44. The molecule has 120 valence electrons. The summed E-state index contributed by atoms with van der Waals surface area (Å²) in [5.41, 5.74) is 6.74. The third-order valence-corrected chi connectivity index (χ3v) is 3.62. The zero-order valence-electron chi connectivity index (χ0n) is 12.2. The Morgan fingerprint density at radius 2 is 1.79 bits per heavy atom. The van der Waals surface area contributed by atoms with Crippen molar-refractivity contribution in [2.75, 3.05) is 5.73 Å². The average molecular weight is 345 g/mol. The summed E-state index contributed by atoms with van der Waals surface area (Å²) in [5.74, 6) is -1.39. The summed E-state index contributed by atoms with van der Waals surface area (Å²) in [6.07, 6.45) is 2.71. The van der Waals surface area contributed by atoms with Crippen LogP contribution in [0.5, 0.6) is 0 Å². The molecule has 0 amide bonds. The van der Waals surface area contributed by atoms with Crippen LogP contribution in [0.2, 0.25) is 5.15 Å². The molecule has 1 heterocycles. The minimum atomic E-state index is -0.695. The summed E-state index contributed by atoms with van der Waals surface area (Å²) in [4.78, 5) is 7.88. The van der Waals surface area contributed by atoms with Gasteiger partial charge in [0.25, 0.3) is 0 Å². The quantitative estimate of drug-likeness (QED) is 0.555. The van der Waals surface area contributed by atoms with Gasteiger partial charge in [-0.05, 0) is 29.8 Å². The van der Waals surface area contributed by atoms with Crippen LogP contribution in [0.15, 0.2) is 48.8 Å². The van der Waals surface area contributed by atoms with Crippen molar-refractivity contribution in [1.82, 2.24) is 9.97 Å². The van der Waals surface area contributed by atoms with Gasteiger partial charge in [0.15, 0.2) is 0 Å². The van der Waals surface area contributed by atoms with Crippen LogP contribution < -0.4 is 5.73 Å². The summed E-state index contributed by atoms with van der Waals surface area (Å²) in [6, 6.07) is 8.06. The second kappa shape index (κ2) is 6.33. The van der Waals surface area contributed by atoms with Gasteiger partial charge in [0.05, 0.1) is 23.7 Å². The van der Waals surface area contributed by atoms with Crippen LogP contribution in [0.1, 0.15) is 11.3 Å². The summed E-state index contributed by atoms with van der Waals surface area (Å²) in [5, 5.41) is 8.38. The van der Waals surface area contributed by atoms with Gasteiger partial charge < -0.3 is 5.73 Å². The Morgan fingerprint density at radius 3 is 2.46 bits per heavy atom. The Labute approximate surface area is 141 Å². The van der Waals surface area contributed by atoms with E-state index in [4.69, 9.17) is 22.7 Å². The predicted molar refractivity (Wildman–Crippen MR) is 89.2 cm³/mol. The minimum Gasteiger partial charge on any atom is -0.398 e. The molecule has 3 aromatic rings. The molecule has 0 spiro atoms. The first-order valence-electron chi connectivity index (χ1n) is 6.88. The predicted octanol–water partition coefficient (Wildman–Crippen LogP) is 4.07. The van der Waals surface area contributed by atoms with E-state index in [1.54, 1.807) is 0 Å². The highest BCUT2D eigenvalue weighted by atomic mass is 35.5. The molecular weight excluding hydrogens is 334 g/mol. The Bertz CT molecular complexity index is 923. The van der Waals surface area contributed by atoms with Crippen LogP contribution in [-0.4, -0.2) is 15.7 Å². The van der Waals surface area contributed by atoms with Crippen molar-refractivity contribution in [2.45, 2.75) is 0 Å². The Morgan fingerprint density at radius 1 is 1.08 bits per heavy atom. The fourth-order valence-corrected chi connectivity index (χ4v) is 2.45. The summed E-state index contributed by atoms with van der Waals surface area (Å²) >= 11 is 5.78. The number of nitrogens with one attached hydrogen (secondary N) is 1. The van der Waals surface area contributed by atoms with E-state index in [1.165, 1.54) is 48.8 Å². The number of hydrogen-bond acceptors (Lipinski definition) is 4. The molecule has 0 unspecified atom stereocenters. The first-order chi connectivity index (χ1) is 11.5. The number of aromatic nitrogens is 2. The molecule has 0 saturated heterocycles. The molecule has 7 heteroatoms. The zero-order valence-corrected chi connectivity index (χ0v) is 13.0. The van der Waals surface area contributed by atoms with Crippen LogP contribution >= 0.6 is 11.6 Å². The Kier molecular flexibility index (Phi) is 4.22. The molecule has 0 aliphatic rings. The lowest BCUT2D eigenvalue weighted by atomic mass is 9.97. The highest BCUT2D eigenvalue weighted by Gasteiger charge is 2.16. The van der Waals surface area contributed by atoms with Crippen LogP contribution in [-0.2, 0) is 0 Å². The standard InChI is InChI=1S/C17H11ClF2N4/c18-15-8-23-7-14(24-15)17(22)10-6-9(4-5-13(10)21)16-11(19)2-1-3-12(16)20/h1-8,22H,21H2. The number of hydrogen-bond donors (Lipinski definition) is 2. The largest absolute Gasteiger partial charge is 0.398 e. The molecule has 0 aliphatic carbocycles. The topological polar surface area (TPSA) is 75.7 Å². The maximum atomic E-state index is 14.0. The highest BCUT2D eigenvalue weighted by molar-refractivity contribution is 6.29. The molecule has 3 N–H and O–H groups in total. The second-order valence-electron chi connectivity index (χ2n) is 5.00. The van der Waals surface area contributed by atoms with E-state index in [0.29, 0.717) is 0 Å². The number of nitrogen functional groups attached to an aromatic ring is 1. The van der Waals surface area contributed by atoms with Gasteiger partial charge in [0.1, 0.15) is 22.5 Å². The van der Waals surface area contributed by atoms with Crippen molar-refractivity contribution < 1.29 is 8.78 Å². The number of rotatable bonds is 3. The molecule has 0 bridgehead atoms. The summed E-state index contributed by atoms with van der Waals surface area (Å²) in [6.45, 7) is 0. The second-order valence-corrected chi connectivity index (χ2v) is 5.39. The van der Waals surface area contributed by atoms with Crippen molar-refractivity contribution in [3.05, 3.63) is 76.8 Å². The fraction of sp³-hybridized carbons (Fsp3) is 0. The maximum absolute atomic E-state index is 14.0. The van der Waals surface area contributed by atoms with Gasteiger partial charge in [-0.1, -0.05) is 23.7 Å². The molecule has 0 fully saturated rings. The molecule has 0 saturated carbocycles. The smallest absolute Gasteiger partial charge is 0.148 e. The summed E-state index contributed by atoms with van der Waals surface area (Å²) in [7, 11) is 0. The molecule has 1 aromatic heterocycles. The van der Waals surface area contributed by atoms with Gasteiger partial charge in [-0.25, -0.2) is 13.8 Å². The van der Waals surface area contributed by atoms with Gasteiger partial charge >= 0.3 is 0 Å². The van der Waals surface area contributed by atoms with Gasteiger partial charge in [-0.2, -0.15) is 0 Å². The van der Waals surface area contributed by atoms with Crippen LogP contribution in [0, 0.1) is 17.0 Å². The first kappa shape index (κ1) is 16.0. The molecule has 0 atom stereocenters. The van der Waals surface area contributed by atoms with Crippen molar-refractivity contribution in [3.8, 4) is 11.1 Å². The van der Waals surface area contributed by atoms with Crippen molar-refractivity contribution in [2.24, 2.45) is 0 Å². The van der Waals surface area contributed by atoms with Crippen molar-refractivity contribution in [1.29, 1.82) is 5.41 Å². The lowest BCUT2D eigenvalue weighted by Gasteiger charge is -2.11. The van der Waals surface area contributed by atoms with E-state index in [1.807, 2.05) is 0 Å². The minimum absolute atomic E-state index is 0.0407. The number of halogens is 3. The molecule has 0 aliphatic heterocycles. The monoisotopic (exact) mass is 344 g/mol. The molecule has 3 rings (SSSR count). The lowest BCUT2D eigenvalue weighted by molar-refractivity contribution is 0.589. The SMILES string of the molecule is N=C(c1cncc(Cl)n1)c1cc(-c2c(F)cccc2F)ccc1N. The Balaban J connectivity index is 2.12. The number of anilines is 1. The fourth-order valence-electron chi connectivity index (χ4n) is 2.30. The van der Waals surface area contributed by atoms with E-state index < -0.39 is 11.6 Å². The molecule has 2 aromatic carbocycles. The molecule has 0 radical (unpaired) electrons.